The van der Waals surface area contributed by atoms with Gasteiger partial charge in [0.15, 0.2) is 5.82 Å². The van der Waals surface area contributed by atoms with E-state index in [0.717, 1.165) is 33.6 Å². The van der Waals surface area contributed by atoms with Gasteiger partial charge in [0.2, 0.25) is 0 Å². The smallest absolute Gasteiger partial charge is 0.160 e. The minimum Gasteiger partial charge on any atom is -0.228 e. The highest BCUT2D eigenvalue weighted by Crippen LogP contribution is 2.49. The van der Waals surface area contributed by atoms with Gasteiger partial charge in [-0.15, -0.1) is 0 Å². The first-order chi connectivity index (χ1) is 25.8. The van der Waals surface area contributed by atoms with Crippen molar-refractivity contribution in [2.24, 2.45) is 0 Å². The van der Waals surface area contributed by atoms with E-state index >= 15 is 0 Å². The van der Waals surface area contributed by atoms with Crippen LogP contribution in [0.25, 0.3) is 110 Å². The van der Waals surface area contributed by atoms with Crippen LogP contribution in [0.15, 0.2) is 182 Å². The fourth-order valence-corrected chi connectivity index (χ4v) is 8.44. The summed E-state index contributed by atoms with van der Waals surface area (Å²) in [5.74, 6) is 0.711. The molecule has 0 fully saturated rings. The zero-order chi connectivity index (χ0) is 34.2. The van der Waals surface area contributed by atoms with Crippen molar-refractivity contribution in [3.05, 3.63) is 182 Å². The summed E-state index contributed by atoms with van der Waals surface area (Å²) in [7, 11) is 0. The number of hydrogen-bond acceptors (Lipinski definition) is 2. The number of aromatic nitrogens is 2. The van der Waals surface area contributed by atoms with Gasteiger partial charge in [0.1, 0.15) is 0 Å². The Labute approximate surface area is 301 Å². The lowest BCUT2D eigenvalue weighted by Gasteiger charge is -2.17. The minimum atomic E-state index is 0.711. The Bertz CT molecular complexity index is 3060. The maximum atomic E-state index is 5.32. The van der Waals surface area contributed by atoms with E-state index < -0.39 is 0 Å². The molecule has 0 saturated heterocycles. The lowest BCUT2D eigenvalue weighted by molar-refractivity contribution is 1.18. The Kier molecular flexibility index (Phi) is 6.28. The molecule has 0 aliphatic heterocycles. The average molecular weight is 659 g/mol. The van der Waals surface area contributed by atoms with E-state index in [1.54, 1.807) is 0 Å². The fourth-order valence-electron chi connectivity index (χ4n) is 8.44. The summed E-state index contributed by atoms with van der Waals surface area (Å²) in [5, 5.41) is 10.0. The van der Waals surface area contributed by atoms with E-state index in [0.29, 0.717) is 5.82 Å². The second kappa shape index (κ2) is 11.3. The molecule has 10 aromatic rings. The zero-order valence-electron chi connectivity index (χ0n) is 28.2. The van der Waals surface area contributed by atoms with Crippen molar-refractivity contribution in [2.75, 3.05) is 0 Å². The standard InChI is InChI=1S/C50H30N2/c1-2-13-33(14-3-1)50-51-46(35-25-26-38-40-22-10-16-32-17-11-23-42(48(32)40)45(38)29-35)30-47(52-50)39-20-8-9-21-41(39)49-37-19-7-5-15-34(37)28-44-36-18-6-4-12-31(36)24-27-43(44)49/h1-30H. The van der Waals surface area contributed by atoms with E-state index in [1.807, 2.05) is 6.07 Å². The average Bonchev–Trinajstić information content (AvgIpc) is 3.54. The first-order valence-electron chi connectivity index (χ1n) is 17.8. The maximum Gasteiger partial charge on any atom is 0.160 e. The second-order valence-corrected chi connectivity index (χ2v) is 13.7. The Morgan fingerprint density at radius 1 is 0.288 bits per heavy atom. The third kappa shape index (κ3) is 4.38. The molecule has 0 radical (unpaired) electrons. The van der Waals surface area contributed by atoms with Crippen LogP contribution in [0, 0.1) is 0 Å². The maximum absolute atomic E-state index is 5.32. The van der Waals surface area contributed by atoms with Crippen molar-refractivity contribution in [3.8, 4) is 67.3 Å². The Morgan fingerprint density at radius 3 is 1.79 bits per heavy atom. The molecule has 9 aromatic carbocycles. The Hall–Kier alpha value is -6.90. The molecular weight excluding hydrogens is 629 g/mol. The molecule has 52 heavy (non-hydrogen) atoms. The van der Waals surface area contributed by atoms with Crippen LogP contribution in [0.2, 0.25) is 0 Å². The predicted molar refractivity (Wildman–Crippen MR) is 218 cm³/mol. The van der Waals surface area contributed by atoms with Crippen LogP contribution >= 0.6 is 0 Å². The molecule has 0 N–H and O–H groups in total. The number of fused-ring (bicyclic) bond motifs is 7. The molecule has 1 aliphatic rings. The molecule has 0 unspecified atom stereocenters. The summed E-state index contributed by atoms with van der Waals surface area (Å²) in [6.45, 7) is 0. The van der Waals surface area contributed by atoms with Crippen LogP contribution in [-0.4, -0.2) is 9.97 Å². The second-order valence-electron chi connectivity index (χ2n) is 13.7. The SMILES string of the molecule is c1ccc(-c2nc(-c3ccc4c(c3)-c3cccc5cccc-4c35)cc(-c3ccccc3-c3c4ccccc4cc4c3ccc3ccccc34)n2)cc1. The summed E-state index contributed by atoms with van der Waals surface area (Å²) < 4.78 is 0. The highest BCUT2D eigenvalue weighted by atomic mass is 14.9. The zero-order valence-corrected chi connectivity index (χ0v) is 28.2. The van der Waals surface area contributed by atoms with Crippen LogP contribution < -0.4 is 0 Å². The molecule has 0 bridgehead atoms. The summed E-state index contributed by atoms with van der Waals surface area (Å²) >= 11 is 0. The largest absolute Gasteiger partial charge is 0.228 e. The molecule has 1 heterocycles. The lowest BCUT2D eigenvalue weighted by atomic mass is 9.87. The van der Waals surface area contributed by atoms with Gasteiger partial charge >= 0.3 is 0 Å². The van der Waals surface area contributed by atoms with Gasteiger partial charge in [0.05, 0.1) is 11.4 Å². The third-order valence-electron chi connectivity index (χ3n) is 10.8. The normalized spacial score (nSPS) is 11.8. The summed E-state index contributed by atoms with van der Waals surface area (Å²) in [5.41, 5.74) is 12.4. The van der Waals surface area contributed by atoms with Gasteiger partial charge in [-0.2, -0.15) is 0 Å². The van der Waals surface area contributed by atoms with Gasteiger partial charge in [-0.05, 0) is 94.7 Å². The molecule has 2 heteroatoms. The van der Waals surface area contributed by atoms with Gasteiger partial charge in [-0.1, -0.05) is 164 Å². The number of rotatable bonds is 4. The van der Waals surface area contributed by atoms with Crippen molar-refractivity contribution >= 4 is 43.1 Å². The van der Waals surface area contributed by atoms with Crippen molar-refractivity contribution in [1.29, 1.82) is 0 Å². The third-order valence-corrected chi connectivity index (χ3v) is 10.8. The molecule has 1 aliphatic carbocycles. The van der Waals surface area contributed by atoms with Crippen LogP contribution in [0.1, 0.15) is 0 Å². The topological polar surface area (TPSA) is 25.8 Å². The van der Waals surface area contributed by atoms with E-state index in [1.165, 1.54) is 70.9 Å². The van der Waals surface area contributed by atoms with Crippen molar-refractivity contribution in [3.63, 3.8) is 0 Å². The molecule has 1 aromatic heterocycles. The van der Waals surface area contributed by atoms with Gasteiger partial charge in [-0.25, -0.2) is 9.97 Å². The molecule has 0 atom stereocenters. The highest BCUT2D eigenvalue weighted by molar-refractivity contribution is 6.21. The van der Waals surface area contributed by atoms with Crippen molar-refractivity contribution < 1.29 is 0 Å². The van der Waals surface area contributed by atoms with Gasteiger partial charge in [-0.3, -0.25) is 0 Å². The van der Waals surface area contributed by atoms with Crippen molar-refractivity contribution in [2.45, 2.75) is 0 Å². The summed E-state index contributed by atoms with van der Waals surface area (Å²) in [4.78, 5) is 10.6. The van der Waals surface area contributed by atoms with Gasteiger partial charge < -0.3 is 0 Å². The highest BCUT2D eigenvalue weighted by Gasteiger charge is 2.23. The monoisotopic (exact) mass is 658 g/mol. The molecule has 0 saturated carbocycles. The molecule has 2 nitrogen and oxygen atoms in total. The molecule has 11 rings (SSSR count). The first-order valence-corrected chi connectivity index (χ1v) is 17.8. The van der Waals surface area contributed by atoms with E-state index in [2.05, 4.69) is 176 Å². The summed E-state index contributed by atoms with van der Waals surface area (Å²) in [6, 6.07) is 65.6. The van der Waals surface area contributed by atoms with Crippen LogP contribution in [0.4, 0.5) is 0 Å². The molecular formula is C50H30N2. The lowest BCUT2D eigenvalue weighted by Crippen LogP contribution is -1.97. The van der Waals surface area contributed by atoms with E-state index in [-0.39, 0.29) is 0 Å². The predicted octanol–water partition coefficient (Wildman–Crippen LogP) is 13.4. The molecule has 240 valence electrons. The number of hydrogen-bond donors (Lipinski definition) is 0. The van der Waals surface area contributed by atoms with E-state index in [4.69, 9.17) is 9.97 Å². The minimum absolute atomic E-state index is 0.711. The molecule has 0 spiro atoms. The Morgan fingerprint density at radius 2 is 0.942 bits per heavy atom. The number of nitrogens with zero attached hydrogens (tertiary/aromatic N) is 2. The van der Waals surface area contributed by atoms with Gasteiger partial charge in [0.25, 0.3) is 0 Å². The fraction of sp³-hybridized carbons (Fsp3) is 0. The van der Waals surface area contributed by atoms with Crippen LogP contribution in [0.3, 0.4) is 0 Å². The van der Waals surface area contributed by atoms with Gasteiger partial charge in [0, 0.05) is 16.7 Å². The number of benzene rings is 9. The molecule has 0 amide bonds. The van der Waals surface area contributed by atoms with E-state index in [9.17, 15) is 0 Å². The van der Waals surface area contributed by atoms with Crippen LogP contribution in [0.5, 0.6) is 0 Å². The van der Waals surface area contributed by atoms with Crippen molar-refractivity contribution in [1.82, 2.24) is 9.97 Å². The Balaban J connectivity index is 1.16. The van der Waals surface area contributed by atoms with Crippen LogP contribution in [-0.2, 0) is 0 Å². The first kappa shape index (κ1) is 28.9. The quantitative estimate of drug-likeness (QED) is 0.139. The summed E-state index contributed by atoms with van der Waals surface area (Å²) in [6.07, 6.45) is 0.